The van der Waals surface area contributed by atoms with Crippen LogP contribution in [0.2, 0.25) is 10.0 Å². The van der Waals surface area contributed by atoms with Gasteiger partial charge in [-0.25, -0.2) is 0 Å². The Kier molecular flexibility index (Phi) is 4.88. The van der Waals surface area contributed by atoms with E-state index >= 15 is 0 Å². The number of benzene rings is 2. The second kappa shape index (κ2) is 7.29. The Labute approximate surface area is 162 Å². The number of carbonyl (C=O) groups excluding carboxylic acids is 1. The molecule has 1 amide bonds. The number of nitrogens with zero attached hydrogens (tertiary/aromatic N) is 2. The number of carbonyl (C=O) groups is 1. The van der Waals surface area contributed by atoms with E-state index < -0.39 is 0 Å². The second-order valence-electron chi connectivity index (χ2n) is 6.55. The summed E-state index contributed by atoms with van der Waals surface area (Å²) in [6.07, 6.45) is 3.51. The lowest BCUT2D eigenvalue weighted by Crippen LogP contribution is -2.39. The molecule has 134 valence electrons. The highest BCUT2D eigenvalue weighted by atomic mass is 35.5. The van der Waals surface area contributed by atoms with Crippen LogP contribution >= 0.6 is 23.2 Å². The first-order valence-corrected chi connectivity index (χ1v) is 9.54. The Balaban J connectivity index is 1.52. The number of fused-ring (bicyclic) bond motifs is 1. The van der Waals surface area contributed by atoms with Crippen LogP contribution in [0, 0.1) is 0 Å². The van der Waals surface area contributed by atoms with Gasteiger partial charge in [0.15, 0.2) is 0 Å². The van der Waals surface area contributed by atoms with Crippen molar-refractivity contribution in [2.45, 2.75) is 25.7 Å². The zero-order chi connectivity index (χ0) is 18.1. The van der Waals surface area contributed by atoms with E-state index in [1.807, 2.05) is 0 Å². The topological polar surface area (TPSA) is 44.7 Å². The molecule has 2 aromatic rings. The molecule has 6 heteroatoms. The van der Waals surface area contributed by atoms with Crippen molar-refractivity contribution in [3.05, 3.63) is 63.1 Å². The van der Waals surface area contributed by atoms with Gasteiger partial charge in [0.05, 0.1) is 13.0 Å². The maximum Gasteiger partial charge on any atom is 0.233 e. The molecule has 0 atom stereocenters. The number of aryl methyl sites for hydroxylation is 1. The van der Waals surface area contributed by atoms with Gasteiger partial charge in [0, 0.05) is 22.3 Å². The van der Waals surface area contributed by atoms with Crippen molar-refractivity contribution >= 4 is 40.8 Å². The van der Waals surface area contributed by atoms with Gasteiger partial charge in [0.1, 0.15) is 0 Å². The fourth-order valence-electron chi connectivity index (χ4n) is 3.60. The predicted molar refractivity (Wildman–Crippen MR) is 106 cm³/mol. The maximum absolute atomic E-state index is 12.8. The highest BCUT2D eigenvalue weighted by Crippen LogP contribution is 2.29. The Morgan fingerprint density at radius 1 is 1.12 bits per heavy atom. The summed E-state index contributed by atoms with van der Waals surface area (Å²) >= 11 is 12.4. The molecule has 1 aliphatic heterocycles. The monoisotopic (exact) mass is 387 g/mol. The molecule has 0 unspecified atom stereocenters. The SMILES string of the molecule is O=C(Cc1c(Cl)cccc1Cl)N1CCN=C1Nc1cccc2c1CCC2. The van der Waals surface area contributed by atoms with Gasteiger partial charge in [-0.05, 0) is 54.2 Å². The molecule has 1 N–H and O–H groups in total. The number of anilines is 1. The Hall–Kier alpha value is -2.04. The summed E-state index contributed by atoms with van der Waals surface area (Å²) in [5.41, 5.74) is 4.43. The summed E-state index contributed by atoms with van der Waals surface area (Å²) in [5, 5.41) is 4.40. The van der Waals surface area contributed by atoms with Crippen molar-refractivity contribution in [2.75, 3.05) is 18.4 Å². The molecule has 2 aliphatic rings. The summed E-state index contributed by atoms with van der Waals surface area (Å²) in [6, 6.07) is 11.6. The summed E-state index contributed by atoms with van der Waals surface area (Å²) < 4.78 is 0. The molecule has 1 aliphatic carbocycles. The minimum Gasteiger partial charge on any atom is -0.326 e. The standard InChI is InChI=1S/C20H19Cl2N3O/c21-16-7-3-8-17(22)15(16)12-19(26)25-11-10-23-20(25)24-18-9-2-5-13-4-1-6-14(13)18/h2-3,5,7-9H,1,4,6,10-12H2,(H,23,24). The second-order valence-corrected chi connectivity index (χ2v) is 7.36. The molecular weight excluding hydrogens is 369 g/mol. The third-order valence-corrected chi connectivity index (χ3v) is 5.63. The molecule has 0 bridgehead atoms. The first-order chi connectivity index (χ1) is 12.6. The highest BCUT2D eigenvalue weighted by Gasteiger charge is 2.26. The number of hydrogen-bond acceptors (Lipinski definition) is 3. The summed E-state index contributed by atoms with van der Waals surface area (Å²) in [6.45, 7) is 1.16. The fourth-order valence-corrected chi connectivity index (χ4v) is 4.13. The molecule has 0 aromatic heterocycles. The van der Waals surface area contributed by atoms with Crippen LogP contribution in [0.15, 0.2) is 41.4 Å². The van der Waals surface area contributed by atoms with Crippen LogP contribution in [0.3, 0.4) is 0 Å². The van der Waals surface area contributed by atoms with Crippen LogP contribution in [0.5, 0.6) is 0 Å². The van der Waals surface area contributed by atoms with Gasteiger partial charge < -0.3 is 5.32 Å². The van der Waals surface area contributed by atoms with Gasteiger partial charge in [-0.1, -0.05) is 41.4 Å². The van der Waals surface area contributed by atoms with E-state index in [0.29, 0.717) is 34.7 Å². The third kappa shape index (κ3) is 3.31. The highest BCUT2D eigenvalue weighted by molar-refractivity contribution is 6.36. The minimum absolute atomic E-state index is 0.0590. The summed E-state index contributed by atoms with van der Waals surface area (Å²) in [5.74, 6) is 0.551. The van der Waals surface area contributed by atoms with Crippen LogP contribution in [-0.2, 0) is 24.1 Å². The van der Waals surface area contributed by atoms with Crippen molar-refractivity contribution in [2.24, 2.45) is 4.99 Å². The Morgan fingerprint density at radius 2 is 1.88 bits per heavy atom. The predicted octanol–water partition coefficient (Wildman–Crippen LogP) is 4.33. The van der Waals surface area contributed by atoms with Crippen molar-refractivity contribution in [1.29, 1.82) is 0 Å². The van der Waals surface area contributed by atoms with Crippen LogP contribution in [0.25, 0.3) is 0 Å². The Bertz CT molecular complexity index is 874. The van der Waals surface area contributed by atoms with E-state index in [2.05, 4.69) is 28.5 Å². The molecule has 0 fully saturated rings. The van der Waals surface area contributed by atoms with E-state index in [1.54, 1.807) is 23.1 Å². The first-order valence-electron chi connectivity index (χ1n) is 8.79. The number of rotatable bonds is 3. The van der Waals surface area contributed by atoms with E-state index in [0.717, 1.165) is 18.5 Å². The molecule has 26 heavy (non-hydrogen) atoms. The smallest absolute Gasteiger partial charge is 0.233 e. The number of guanidine groups is 1. The number of hydrogen-bond donors (Lipinski definition) is 1. The number of nitrogens with one attached hydrogen (secondary N) is 1. The van der Waals surface area contributed by atoms with Gasteiger partial charge in [-0.2, -0.15) is 0 Å². The normalized spacial score (nSPS) is 15.8. The van der Waals surface area contributed by atoms with Crippen LogP contribution < -0.4 is 5.32 Å². The van der Waals surface area contributed by atoms with Crippen LogP contribution in [0.4, 0.5) is 5.69 Å². The quantitative estimate of drug-likeness (QED) is 0.851. The largest absolute Gasteiger partial charge is 0.326 e. The zero-order valence-electron chi connectivity index (χ0n) is 14.3. The molecule has 1 heterocycles. The fraction of sp³-hybridized carbons (Fsp3) is 0.300. The number of amides is 1. The lowest BCUT2D eigenvalue weighted by Gasteiger charge is -2.21. The van der Waals surface area contributed by atoms with E-state index in [-0.39, 0.29) is 12.3 Å². The maximum atomic E-state index is 12.8. The zero-order valence-corrected chi connectivity index (χ0v) is 15.8. The third-order valence-electron chi connectivity index (χ3n) is 4.92. The van der Waals surface area contributed by atoms with Gasteiger partial charge in [-0.15, -0.1) is 0 Å². The van der Waals surface area contributed by atoms with E-state index in [1.165, 1.54) is 17.5 Å². The molecule has 2 aromatic carbocycles. The molecule has 0 saturated heterocycles. The Morgan fingerprint density at radius 3 is 2.69 bits per heavy atom. The van der Waals surface area contributed by atoms with Gasteiger partial charge >= 0.3 is 0 Å². The van der Waals surface area contributed by atoms with E-state index in [4.69, 9.17) is 23.2 Å². The molecule has 0 saturated carbocycles. The molecular formula is C20H19Cl2N3O. The average Bonchev–Trinajstić information content (AvgIpc) is 3.28. The van der Waals surface area contributed by atoms with Crippen molar-refractivity contribution in [3.63, 3.8) is 0 Å². The number of halogens is 2. The summed E-state index contributed by atoms with van der Waals surface area (Å²) in [4.78, 5) is 19.0. The van der Waals surface area contributed by atoms with Gasteiger partial charge in [0.2, 0.25) is 11.9 Å². The molecule has 4 rings (SSSR count). The number of aliphatic imine (C=N–C) groups is 1. The summed E-state index contributed by atoms with van der Waals surface area (Å²) in [7, 11) is 0. The van der Waals surface area contributed by atoms with Crippen LogP contribution in [0.1, 0.15) is 23.1 Å². The lowest BCUT2D eigenvalue weighted by atomic mass is 10.1. The average molecular weight is 388 g/mol. The van der Waals surface area contributed by atoms with Gasteiger partial charge in [0.25, 0.3) is 0 Å². The minimum atomic E-state index is -0.0590. The molecule has 4 nitrogen and oxygen atoms in total. The van der Waals surface area contributed by atoms with Crippen LogP contribution in [-0.4, -0.2) is 29.9 Å². The van der Waals surface area contributed by atoms with E-state index in [9.17, 15) is 4.79 Å². The molecule has 0 radical (unpaired) electrons. The van der Waals surface area contributed by atoms with Crippen molar-refractivity contribution < 1.29 is 4.79 Å². The lowest BCUT2D eigenvalue weighted by molar-refractivity contribution is -0.126. The van der Waals surface area contributed by atoms with Crippen molar-refractivity contribution in [3.8, 4) is 0 Å². The first kappa shape index (κ1) is 17.4. The van der Waals surface area contributed by atoms with Gasteiger partial charge in [-0.3, -0.25) is 14.7 Å². The molecule has 0 spiro atoms. The van der Waals surface area contributed by atoms with Crippen molar-refractivity contribution in [1.82, 2.24) is 4.90 Å².